The quantitative estimate of drug-likeness (QED) is 0.140. The summed E-state index contributed by atoms with van der Waals surface area (Å²) < 4.78 is 20.9. The number of amides is 1. The smallest absolute Gasteiger partial charge is 0.404 e. The van der Waals surface area contributed by atoms with Gasteiger partial charge in [-0.1, -0.05) is 0 Å². The summed E-state index contributed by atoms with van der Waals surface area (Å²) in [5, 5.41) is 82.4. The lowest BCUT2D eigenvalue weighted by Crippen LogP contribution is -2.74. The third-order valence-corrected chi connectivity index (χ3v) is 5.59. The normalized spacial score (nSPS) is 42.3. The summed E-state index contributed by atoms with van der Waals surface area (Å²) in [5.41, 5.74) is 7.79. The van der Waals surface area contributed by atoms with Crippen LogP contribution in [0.2, 0.25) is 0 Å². The van der Waals surface area contributed by atoms with Gasteiger partial charge in [0.2, 0.25) is 0 Å². The Hall–Kier alpha value is -1.21. The molecule has 0 radical (unpaired) electrons. The molecule has 188 valence electrons. The van der Waals surface area contributed by atoms with Crippen LogP contribution < -0.4 is 11.5 Å². The zero-order valence-electron chi connectivity index (χ0n) is 17.1. The first-order valence-corrected chi connectivity index (χ1v) is 9.92. The van der Waals surface area contributed by atoms with Gasteiger partial charge in [-0.2, -0.15) is 0 Å². The summed E-state index contributed by atoms with van der Waals surface area (Å²) in [7, 11) is 0. The van der Waals surface area contributed by atoms with E-state index in [0.29, 0.717) is 0 Å². The van der Waals surface area contributed by atoms with Gasteiger partial charge in [-0.3, -0.25) is 0 Å². The van der Waals surface area contributed by atoms with Crippen molar-refractivity contribution in [2.75, 3.05) is 33.0 Å². The Morgan fingerprint density at radius 3 is 1.91 bits per heavy atom. The van der Waals surface area contributed by atoms with Gasteiger partial charge < -0.3 is 71.3 Å². The largest absolute Gasteiger partial charge is 0.441 e. The Balaban J connectivity index is 2.43. The summed E-state index contributed by atoms with van der Waals surface area (Å²) in [4.78, 5) is 11.1. The van der Waals surface area contributed by atoms with E-state index in [1.54, 1.807) is 0 Å². The highest BCUT2D eigenvalue weighted by Crippen LogP contribution is 2.37. The Morgan fingerprint density at radius 2 is 1.41 bits per heavy atom. The molecule has 0 aromatic heterocycles. The highest BCUT2D eigenvalue weighted by molar-refractivity contribution is 5.65. The zero-order valence-corrected chi connectivity index (χ0v) is 17.1. The van der Waals surface area contributed by atoms with Crippen LogP contribution in [0.1, 0.15) is 0 Å². The van der Waals surface area contributed by atoms with Crippen molar-refractivity contribution < 1.29 is 64.6 Å². The number of aliphatic hydroxyl groups is 8. The van der Waals surface area contributed by atoms with Crippen molar-refractivity contribution in [3.8, 4) is 0 Å². The summed E-state index contributed by atoms with van der Waals surface area (Å²) >= 11 is 0. The predicted molar refractivity (Wildman–Crippen MR) is 101 cm³/mol. The molecule has 2 rings (SSSR count). The van der Waals surface area contributed by atoms with E-state index in [1.165, 1.54) is 0 Å². The number of hydrogen-bond acceptors (Lipinski definition) is 14. The maximum atomic E-state index is 11.5. The molecule has 11 atom stereocenters. The van der Waals surface area contributed by atoms with Gasteiger partial charge in [0.1, 0.15) is 60.5 Å². The average Bonchev–Trinajstić information content (AvgIpc) is 2.75. The lowest BCUT2D eigenvalue weighted by Gasteiger charge is -2.52. The fraction of sp³-hybridized carbons (Fsp3) is 0.941. The van der Waals surface area contributed by atoms with Gasteiger partial charge in [-0.05, 0) is 0 Å². The number of hydrogen-bond donors (Lipinski definition) is 10. The van der Waals surface area contributed by atoms with Gasteiger partial charge in [-0.15, -0.1) is 0 Å². The fourth-order valence-electron chi connectivity index (χ4n) is 3.94. The minimum absolute atomic E-state index is 0.0231. The van der Waals surface area contributed by atoms with E-state index in [2.05, 4.69) is 0 Å². The number of carbonyl (C=O) groups excluding carboxylic acids is 1. The zero-order chi connectivity index (χ0) is 24.2. The first-order valence-electron chi connectivity index (χ1n) is 9.92. The van der Waals surface area contributed by atoms with Gasteiger partial charge in [0.15, 0.2) is 6.10 Å². The third-order valence-electron chi connectivity index (χ3n) is 5.59. The molecule has 2 fully saturated rings. The molecule has 2 aliphatic rings. The van der Waals surface area contributed by atoms with Crippen LogP contribution in [0.5, 0.6) is 0 Å². The number of ether oxygens (including phenoxy) is 4. The van der Waals surface area contributed by atoms with Crippen molar-refractivity contribution in [1.29, 1.82) is 0 Å². The van der Waals surface area contributed by atoms with Gasteiger partial charge in [0.25, 0.3) is 0 Å². The molecule has 2 aliphatic heterocycles. The molecule has 0 spiro atoms. The van der Waals surface area contributed by atoms with Gasteiger partial charge >= 0.3 is 6.09 Å². The van der Waals surface area contributed by atoms with Crippen LogP contribution >= 0.6 is 0 Å². The first-order chi connectivity index (χ1) is 15.0. The van der Waals surface area contributed by atoms with Crippen LogP contribution in [0, 0.1) is 0 Å². The van der Waals surface area contributed by atoms with Crippen molar-refractivity contribution in [1.82, 2.24) is 0 Å². The molecular weight excluding hydrogens is 440 g/mol. The van der Waals surface area contributed by atoms with Crippen molar-refractivity contribution in [2.24, 2.45) is 11.5 Å². The molecule has 12 N–H and O–H groups in total. The molecule has 0 saturated carbocycles. The number of nitrogens with two attached hydrogens (primary N) is 2. The van der Waals surface area contributed by atoms with Gasteiger partial charge in [0, 0.05) is 6.54 Å². The topological polar surface area (TPSA) is 268 Å². The molecule has 0 aromatic rings. The molecule has 32 heavy (non-hydrogen) atoms. The first kappa shape index (κ1) is 27.0. The predicted octanol–water partition coefficient (Wildman–Crippen LogP) is -6.52. The highest BCUT2D eigenvalue weighted by atomic mass is 16.6. The molecule has 15 nitrogen and oxygen atoms in total. The molecule has 1 amide bonds. The standard InChI is InChI=1S/C17H32N2O13/c18-1-2-29-5-17(28,14-11(25)9(23)8(22)6(3-20)30-14)15-12(26)10(24)13(32-16(19)27)7(4-21)31-15/h6-15,20-26,28H,1-5,18H2,(H2,19,27)/t6-,7+,8+,9-,10+,11-,12-,13+,14?,15-,17?/m0/s1. The molecule has 2 heterocycles. The second kappa shape index (κ2) is 11.3. The molecule has 0 aromatic carbocycles. The second-order valence-corrected chi connectivity index (χ2v) is 7.74. The Labute approximate surface area is 182 Å². The lowest BCUT2D eigenvalue weighted by molar-refractivity contribution is -0.330. The average molecular weight is 472 g/mol. The van der Waals surface area contributed by atoms with Crippen LogP contribution in [-0.4, -0.2) is 147 Å². The summed E-state index contributed by atoms with van der Waals surface area (Å²) in [5.74, 6) is 0. The molecule has 15 heteroatoms. The molecule has 0 aliphatic carbocycles. The lowest BCUT2D eigenvalue weighted by atomic mass is 9.77. The van der Waals surface area contributed by atoms with Crippen LogP contribution in [0.15, 0.2) is 0 Å². The maximum Gasteiger partial charge on any atom is 0.404 e. The van der Waals surface area contributed by atoms with E-state index < -0.39 is 92.6 Å². The summed E-state index contributed by atoms with van der Waals surface area (Å²) in [6, 6.07) is 0. The number of primary amides is 1. The number of rotatable bonds is 9. The maximum absolute atomic E-state index is 11.5. The highest BCUT2D eigenvalue weighted by Gasteiger charge is 2.61. The van der Waals surface area contributed by atoms with Crippen molar-refractivity contribution in [3.05, 3.63) is 0 Å². The van der Waals surface area contributed by atoms with E-state index in [4.69, 9.17) is 30.4 Å². The minimum atomic E-state index is -2.53. The van der Waals surface area contributed by atoms with E-state index in [9.17, 15) is 45.6 Å². The van der Waals surface area contributed by atoms with Gasteiger partial charge in [-0.25, -0.2) is 4.79 Å². The Morgan fingerprint density at radius 1 is 0.875 bits per heavy atom. The van der Waals surface area contributed by atoms with Gasteiger partial charge in [0.05, 0.1) is 26.4 Å². The monoisotopic (exact) mass is 472 g/mol. The molecule has 2 saturated heterocycles. The van der Waals surface area contributed by atoms with E-state index >= 15 is 0 Å². The Kier molecular flexibility index (Phi) is 9.53. The molecule has 0 bridgehead atoms. The van der Waals surface area contributed by atoms with E-state index in [-0.39, 0.29) is 13.2 Å². The minimum Gasteiger partial charge on any atom is -0.441 e. The van der Waals surface area contributed by atoms with Crippen LogP contribution in [0.25, 0.3) is 0 Å². The third kappa shape index (κ3) is 5.30. The molecule has 2 unspecified atom stereocenters. The fourth-order valence-corrected chi connectivity index (χ4v) is 3.94. The van der Waals surface area contributed by atoms with Crippen molar-refractivity contribution >= 4 is 6.09 Å². The SMILES string of the molecule is NCCOCC(O)(C1O[C@@H](CO)[C@@H](O)[C@H](O)[C@@H]1O)[C@H]1O[C@H](CO)[C@@H](OC(N)=O)[C@H](O)[C@@H]1O. The van der Waals surface area contributed by atoms with Crippen molar-refractivity contribution in [3.63, 3.8) is 0 Å². The summed E-state index contributed by atoms with van der Waals surface area (Å²) in [6.45, 7) is -2.43. The Bertz CT molecular complexity index is 611. The van der Waals surface area contributed by atoms with Crippen molar-refractivity contribution in [2.45, 2.75) is 66.6 Å². The molecular formula is C17H32N2O13. The van der Waals surface area contributed by atoms with Crippen LogP contribution in [0.3, 0.4) is 0 Å². The van der Waals surface area contributed by atoms with Crippen LogP contribution in [-0.2, 0) is 18.9 Å². The number of carbonyl (C=O) groups is 1. The van der Waals surface area contributed by atoms with E-state index in [1.807, 2.05) is 0 Å². The van der Waals surface area contributed by atoms with Crippen LogP contribution in [0.4, 0.5) is 4.79 Å². The summed E-state index contributed by atoms with van der Waals surface area (Å²) in [6.07, 6.45) is -19.0. The van der Waals surface area contributed by atoms with E-state index in [0.717, 1.165) is 0 Å². The second-order valence-electron chi connectivity index (χ2n) is 7.74. The number of aliphatic hydroxyl groups excluding tert-OH is 7.